The molecule has 0 bridgehead atoms. The summed E-state index contributed by atoms with van der Waals surface area (Å²) < 4.78 is 0. The number of amidine groups is 1. The lowest BCUT2D eigenvalue weighted by atomic mass is 9.97. The minimum absolute atomic E-state index is 0.297. The predicted octanol–water partition coefficient (Wildman–Crippen LogP) is 5.24. The van der Waals surface area contributed by atoms with Crippen LogP contribution >= 0.6 is 0 Å². The van der Waals surface area contributed by atoms with E-state index in [-0.39, 0.29) is 11.8 Å². The van der Waals surface area contributed by atoms with Crippen LogP contribution in [0.15, 0.2) is 77.5 Å². The SMILES string of the molecule is C=C(NC)C(/C=C\C=NC)=C\c1ccc(C(C)C(=O)NC(=O)C(CC)CN2Cc3ccc(CC)cc3C2=N)cc1. The van der Waals surface area contributed by atoms with Crippen LogP contribution in [0.4, 0.5) is 0 Å². The molecule has 7 nitrogen and oxygen atoms in total. The zero-order valence-electron chi connectivity index (χ0n) is 24.3. The Morgan fingerprint density at radius 3 is 2.50 bits per heavy atom. The molecule has 2 atom stereocenters. The van der Waals surface area contributed by atoms with Gasteiger partial charge in [0.1, 0.15) is 5.84 Å². The van der Waals surface area contributed by atoms with Crippen molar-refractivity contribution in [3.05, 3.63) is 100 Å². The standard InChI is InChI=1S/C33H41N5O2/c1-7-24-11-16-29-21-38(31(34)30(29)19-24)20-26(8-2)33(40)37-32(39)22(3)27-14-12-25(13-15-27)18-28(23(4)36-6)10-9-17-35-5/h9-19,22,26,34,36H,4,7-8,20-21H2,1-3,5-6H3,(H,37,39,40)/b10-9-,28-18-,34-31?,35-17?. The fraction of sp³-hybridized carbons (Fsp3) is 0.333. The van der Waals surface area contributed by atoms with Crippen molar-refractivity contribution in [2.45, 2.75) is 46.1 Å². The zero-order valence-corrected chi connectivity index (χ0v) is 24.3. The number of aliphatic imine (C=N–C) groups is 1. The normalized spacial score (nSPS) is 14.9. The zero-order chi connectivity index (χ0) is 29.2. The average molecular weight is 540 g/mol. The minimum atomic E-state index is -0.492. The van der Waals surface area contributed by atoms with E-state index in [1.165, 1.54) is 5.56 Å². The maximum Gasteiger partial charge on any atom is 0.233 e. The summed E-state index contributed by atoms with van der Waals surface area (Å²) in [6.07, 6.45) is 8.98. The van der Waals surface area contributed by atoms with E-state index in [4.69, 9.17) is 5.41 Å². The van der Waals surface area contributed by atoms with Gasteiger partial charge in [-0.2, -0.15) is 0 Å². The van der Waals surface area contributed by atoms with Gasteiger partial charge < -0.3 is 10.2 Å². The number of likely N-dealkylation sites (N-methyl/N-ethyl adjacent to an activating group) is 1. The number of aryl methyl sites for hydroxylation is 1. The number of amides is 2. The summed E-state index contributed by atoms with van der Waals surface area (Å²) in [5.41, 5.74) is 6.71. The fourth-order valence-electron chi connectivity index (χ4n) is 4.63. The van der Waals surface area contributed by atoms with Crippen LogP contribution in [-0.2, 0) is 22.6 Å². The smallest absolute Gasteiger partial charge is 0.233 e. The molecule has 3 N–H and O–H groups in total. The highest BCUT2D eigenvalue weighted by atomic mass is 16.2. The van der Waals surface area contributed by atoms with Gasteiger partial charge in [0.05, 0.1) is 11.8 Å². The highest BCUT2D eigenvalue weighted by Gasteiger charge is 2.30. The van der Waals surface area contributed by atoms with Gasteiger partial charge in [-0.1, -0.05) is 62.9 Å². The van der Waals surface area contributed by atoms with Gasteiger partial charge in [0, 0.05) is 44.7 Å². The number of benzene rings is 2. The topological polar surface area (TPSA) is 97.7 Å². The van der Waals surface area contributed by atoms with Crippen molar-refractivity contribution in [2.75, 3.05) is 20.6 Å². The van der Waals surface area contributed by atoms with Gasteiger partial charge in [0.25, 0.3) is 0 Å². The third-order valence-corrected chi connectivity index (χ3v) is 7.38. The van der Waals surface area contributed by atoms with Crippen LogP contribution in [0.5, 0.6) is 0 Å². The number of carbonyl (C=O) groups excluding carboxylic acids is 2. The van der Waals surface area contributed by atoms with E-state index in [9.17, 15) is 9.59 Å². The van der Waals surface area contributed by atoms with Gasteiger partial charge in [0.15, 0.2) is 0 Å². The minimum Gasteiger partial charge on any atom is -0.388 e. The number of allylic oxidation sites excluding steroid dienone is 2. The molecule has 2 amide bonds. The van der Waals surface area contributed by atoms with Crippen molar-refractivity contribution in [3.8, 4) is 0 Å². The summed E-state index contributed by atoms with van der Waals surface area (Å²) >= 11 is 0. The van der Waals surface area contributed by atoms with Gasteiger partial charge in [-0.05, 0) is 65.8 Å². The molecule has 0 fully saturated rings. The van der Waals surface area contributed by atoms with Crippen LogP contribution in [0.25, 0.3) is 6.08 Å². The second-order valence-electron chi connectivity index (χ2n) is 10.0. The summed E-state index contributed by atoms with van der Waals surface area (Å²) in [7, 11) is 3.54. The van der Waals surface area contributed by atoms with Crippen molar-refractivity contribution < 1.29 is 9.59 Å². The van der Waals surface area contributed by atoms with Crippen molar-refractivity contribution in [1.29, 1.82) is 5.41 Å². The Labute approximate surface area is 238 Å². The van der Waals surface area contributed by atoms with Gasteiger partial charge in [-0.3, -0.25) is 25.3 Å². The first kappa shape index (κ1) is 30.3. The number of hydrogen-bond acceptors (Lipinski definition) is 5. The largest absolute Gasteiger partial charge is 0.388 e. The van der Waals surface area contributed by atoms with Crippen molar-refractivity contribution >= 4 is 29.9 Å². The first-order valence-corrected chi connectivity index (χ1v) is 13.8. The van der Waals surface area contributed by atoms with Crippen molar-refractivity contribution in [2.24, 2.45) is 10.9 Å². The summed E-state index contributed by atoms with van der Waals surface area (Å²) in [6, 6.07) is 13.9. The van der Waals surface area contributed by atoms with E-state index in [2.05, 4.69) is 47.3 Å². The average Bonchev–Trinajstić information content (AvgIpc) is 3.28. The second kappa shape index (κ2) is 14.2. The molecule has 0 radical (unpaired) electrons. The van der Waals surface area contributed by atoms with Crippen LogP contribution in [0.2, 0.25) is 0 Å². The van der Waals surface area contributed by atoms with Crippen LogP contribution in [0.1, 0.15) is 60.9 Å². The monoisotopic (exact) mass is 539 g/mol. The molecule has 1 heterocycles. The van der Waals surface area contributed by atoms with E-state index in [0.717, 1.165) is 39.9 Å². The Bertz CT molecular complexity index is 1340. The molecule has 7 heteroatoms. The Balaban J connectivity index is 1.63. The summed E-state index contributed by atoms with van der Waals surface area (Å²) in [5.74, 6) is -1.07. The molecule has 2 unspecified atom stereocenters. The third-order valence-electron chi connectivity index (χ3n) is 7.38. The van der Waals surface area contributed by atoms with E-state index in [1.54, 1.807) is 20.2 Å². The molecule has 0 aliphatic carbocycles. The Kier molecular flexibility index (Phi) is 10.8. The summed E-state index contributed by atoms with van der Waals surface area (Å²) in [4.78, 5) is 32.0. The lowest BCUT2D eigenvalue weighted by Gasteiger charge is -2.24. The van der Waals surface area contributed by atoms with E-state index < -0.39 is 11.8 Å². The molecule has 210 valence electrons. The van der Waals surface area contributed by atoms with Gasteiger partial charge in [0.2, 0.25) is 11.8 Å². The predicted molar refractivity (Wildman–Crippen MR) is 165 cm³/mol. The number of fused-ring (bicyclic) bond motifs is 1. The molecule has 2 aromatic carbocycles. The summed E-state index contributed by atoms with van der Waals surface area (Å²) in [5, 5.41) is 14.3. The molecule has 0 saturated carbocycles. The van der Waals surface area contributed by atoms with Gasteiger partial charge >= 0.3 is 0 Å². The first-order valence-electron chi connectivity index (χ1n) is 13.8. The molecule has 2 aromatic rings. The maximum absolute atomic E-state index is 13.1. The van der Waals surface area contributed by atoms with Crippen molar-refractivity contribution in [1.82, 2.24) is 15.5 Å². The number of nitrogens with one attached hydrogen (secondary N) is 3. The van der Waals surface area contributed by atoms with E-state index >= 15 is 0 Å². The maximum atomic E-state index is 13.1. The van der Waals surface area contributed by atoms with E-state index in [1.807, 2.05) is 61.4 Å². The Hall–Kier alpha value is -4.26. The molecule has 0 saturated heterocycles. The highest BCUT2D eigenvalue weighted by molar-refractivity contribution is 6.02. The summed E-state index contributed by atoms with van der Waals surface area (Å²) in [6.45, 7) is 10.9. The van der Waals surface area contributed by atoms with Crippen molar-refractivity contribution in [3.63, 3.8) is 0 Å². The molecular formula is C33H41N5O2. The van der Waals surface area contributed by atoms with Crippen LogP contribution in [0.3, 0.4) is 0 Å². The Morgan fingerprint density at radius 2 is 1.88 bits per heavy atom. The quantitative estimate of drug-likeness (QED) is 0.254. The molecule has 1 aliphatic rings. The highest BCUT2D eigenvalue weighted by Crippen LogP contribution is 2.26. The molecular weight excluding hydrogens is 498 g/mol. The lowest BCUT2D eigenvalue weighted by Crippen LogP contribution is -2.42. The number of carbonyl (C=O) groups is 2. The molecule has 1 aliphatic heterocycles. The Morgan fingerprint density at radius 1 is 1.15 bits per heavy atom. The van der Waals surface area contributed by atoms with Crippen LogP contribution < -0.4 is 10.6 Å². The number of nitrogens with zero attached hydrogens (tertiary/aromatic N) is 2. The number of rotatable bonds is 12. The first-order chi connectivity index (χ1) is 19.2. The third kappa shape index (κ3) is 7.44. The van der Waals surface area contributed by atoms with Crippen LogP contribution in [-0.4, -0.2) is 49.4 Å². The second-order valence-corrected chi connectivity index (χ2v) is 10.0. The molecule has 40 heavy (non-hydrogen) atoms. The molecule has 3 rings (SSSR count). The van der Waals surface area contributed by atoms with Gasteiger partial charge in [-0.25, -0.2) is 0 Å². The van der Waals surface area contributed by atoms with E-state index in [0.29, 0.717) is 25.3 Å². The van der Waals surface area contributed by atoms with Crippen LogP contribution in [0, 0.1) is 11.3 Å². The fourth-order valence-corrected chi connectivity index (χ4v) is 4.63. The molecule has 0 spiro atoms. The lowest BCUT2D eigenvalue weighted by molar-refractivity contribution is -0.133. The van der Waals surface area contributed by atoms with Gasteiger partial charge in [-0.15, -0.1) is 0 Å². The number of imide groups is 1. The number of hydrogen-bond donors (Lipinski definition) is 3. The molecule has 0 aromatic heterocycles.